The van der Waals surface area contributed by atoms with E-state index in [1.165, 1.54) is 10.9 Å². The number of ether oxygens (including phenoxy) is 1. The Bertz CT molecular complexity index is 1270. The van der Waals surface area contributed by atoms with Gasteiger partial charge in [0.2, 0.25) is 0 Å². The van der Waals surface area contributed by atoms with E-state index in [9.17, 15) is 9.90 Å². The van der Waals surface area contributed by atoms with Crippen molar-refractivity contribution in [2.24, 2.45) is 0 Å². The van der Waals surface area contributed by atoms with Crippen molar-refractivity contribution in [1.29, 1.82) is 0 Å². The Morgan fingerprint density at radius 3 is 2.73 bits per heavy atom. The van der Waals surface area contributed by atoms with E-state index in [0.717, 1.165) is 11.1 Å². The predicted molar refractivity (Wildman–Crippen MR) is 111 cm³/mol. The van der Waals surface area contributed by atoms with Crippen molar-refractivity contribution in [3.63, 3.8) is 0 Å². The maximum Gasteiger partial charge on any atom is 0.261 e. The summed E-state index contributed by atoms with van der Waals surface area (Å²) in [6.45, 7) is 2.43. The topological polar surface area (TPSA) is 103 Å². The van der Waals surface area contributed by atoms with Gasteiger partial charge < -0.3 is 9.84 Å². The van der Waals surface area contributed by atoms with Gasteiger partial charge in [-0.2, -0.15) is 0 Å². The number of hydrogen-bond donors (Lipinski definition) is 1. The van der Waals surface area contributed by atoms with E-state index in [0.29, 0.717) is 28.0 Å². The number of nitrogens with zero attached hydrogens (tertiary/aromatic N) is 5. The van der Waals surface area contributed by atoms with Gasteiger partial charge in [0.25, 0.3) is 5.56 Å². The molecule has 1 aliphatic rings. The number of pyridine rings is 3. The van der Waals surface area contributed by atoms with Crippen molar-refractivity contribution in [3.8, 4) is 22.6 Å². The average Bonchev–Trinajstić information content (AvgIpc) is 3.20. The maximum atomic E-state index is 13.4. The molecule has 150 valence electrons. The third-order valence-electron chi connectivity index (χ3n) is 5.26. The Morgan fingerprint density at radius 1 is 1.13 bits per heavy atom. The van der Waals surface area contributed by atoms with Crippen molar-refractivity contribution in [3.05, 3.63) is 71.2 Å². The molecular weight excluding hydrogens is 382 g/mol. The molecule has 0 radical (unpaired) electrons. The zero-order valence-corrected chi connectivity index (χ0v) is 16.3. The van der Waals surface area contributed by atoms with Crippen molar-refractivity contribution in [1.82, 2.24) is 24.5 Å². The summed E-state index contributed by atoms with van der Waals surface area (Å²) < 4.78 is 6.76. The number of aryl methyl sites for hydroxylation is 1. The Kier molecular flexibility index (Phi) is 4.57. The first kappa shape index (κ1) is 18.5. The van der Waals surface area contributed by atoms with Gasteiger partial charge in [0.05, 0.1) is 48.1 Å². The highest BCUT2D eigenvalue weighted by Crippen LogP contribution is 2.28. The van der Waals surface area contributed by atoms with Gasteiger partial charge in [0, 0.05) is 24.2 Å². The van der Waals surface area contributed by atoms with Gasteiger partial charge in [-0.15, -0.1) is 0 Å². The third-order valence-corrected chi connectivity index (χ3v) is 5.26. The zero-order chi connectivity index (χ0) is 20.7. The van der Waals surface area contributed by atoms with Crippen molar-refractivity contribution >= 4 is 10.9 Å². The maximum absolute atomic E-state index is 13.4. The summed E-state index contributed by atoms with van der Waals surface area (Å²) in [7, 11) is 0. The van der Waals surface area contributed by atoms with E-state index in [-0.39, 0.29) is 18.8 Å². The molecule has 4 aromatic rings. The van der Waals surface area contributed by atoms with Crippen LogP contribution in [0, 0.1) is 6.92 Å². The minimum absolute atomic E-state index is 0.199. The molecule has 0 aromatic carbocycles. The van der Waals surface area contributed by atoms with Crippen LogP contribution in [0.5, 0.6) is 0 Å². The summed E-state index contributed by atoms with van der Waals surface area (Å²) in [5.74, 6) is 0. The van der Waals surface area contributed by atoms with E-state index in [4.69, 9.17) is 9.72 Å². The average molecular weight is 401 g/mol. The Morgan fingerprint density at radius 2 is 2.03 bits per heavy atom. The van der Waals surface area contributed by atoms with Crippen molar-refractivity contribution in [2.45, 2.75) is 19.1 Å². The van der Waals surface area contributed by atoms with Crippen LogP contribution < -0.4 is 5.56 Å². The van der Waals surface area contributed by atoms with Crippen LogP contribution in [0.3, 0.4) is 0 Å². The van der Waals surface area contributed by atoms with Crippen LogP contribution >= 0.6 is 0 Å². The second-order valence-corrected chi connectivity index (χ2v) is 7.34. The first-order valence-corrected chi connectivity index (χ1v) is 9.63. The van der Waals surface area contributed by atoms with Crippen LogP contribution in [0.25, 0.3) is 33.5 Å². The van der Waals surface area contributed by atoms with E-state index >= 15 is 0 Å². The lowest BCUT2D eigenvalue weighted by molar-refractivity contribution is 0.119. The molecule has 2 atom stereocenters. The van der Waals surface area contributed by atoms with Crippen LogP contribution in [0.15, 0.2) is 60.0 Å². The normalized spacial score (nSPS) is 18.7. The number of aliphatic hydroxyl groups excluding tert-OH is 1. The molecule has 8 heteroatoms. The largest absolute Gasteiger partial charge is 0.388 e. The van der Waals surface area contributed by atoms with Crippen molar-refractivity contribution < 1.29 is 9.84 Å². The molecule has 1 saturated heterocycles. The SMILES string of the molecule is Cc1ccc(-c2cc3c(=O)n([C@@H]4COC[C@H]4O)cnc3c(-c3cccnc3)n2)nc1. The molecule has 1 N–H and O–H groups in total. The second kappa shape index (κ2) is 7.40. The molecule has 5 heterocycles. The lowest BCUT2D eigenvalue weighted by Crippen LogP contribution is -2.32. The molecule has 0 amide bonds. The highest BCUT2D eigenvalue weighted by molar-refractivity contribution is 5.93. The molecule has 0 unspecified atom stereocenters. The molecule has 1 fully saturated rings. The number of rotatable bonds is 3. The molecular formula is C22H19N5O3. The molecule has 30 heavy (non-hydrogen) atoms. The van der Waals surface area contributed by atoms with Crippen LogP contribution in [-0.4, -0.2) is 48.9 Å². The summed E-state index contributed by atoms with van der Waals surface area (Å²) >= 11 is 0. The number of hydrogen-bond acceptors (Lipinski definition) is 7. The Hall–Kier alpha value is -3.49. The van der Waals surface area contributed by atoms with Crippen LogP contribution in [0.1, 0.15) is 11.6 Å². The minimum atomic E-state index is -0.750. The first-order valence-electron chi connectivity index (χ1n) is 9.63. The molecule has 1 aliphatic heterocycles. The van der Waals surface area contributed by atoms with E-state index < -0.39 is 12.1 Å². The molecule has 4 aromatic heterocycles. The van der Waals surface area contributed by atoms with Gasteiger partial charge in [-0.3, -0.25) is 19.3 Å². The van der Waals surface area contributed by atoms with Gasteiger partial charge in [-0.05, 0) is 36.8 Å². The number of aromatic nitrogens is 5. The molecule has 5 rings (SSSR count). The fourth-order valence-corrected chi connectivity index (χ4v) is 3.63. The van der Waals surface area contributed by atoms with Gasteiger partial charge in [-0.25, -0.2) is 9.97 Å². The molecule has 0 saturated carbocycles. The summed E-state index contributed by atoms with van der Waals surface area (Å²) in [6, 6.07) is 8.76. The number of fused-ring (bicyclic) bond motifs is 1. The Labute approximate surface area is 171 Å². The van der Waals surface area contributed by atoms with E-state index in [2.05, 4.69) is 15.0 Å². The summed E-state index contributed by atoms with van der Waals surface area (Å²) in [4.78, 5) is 31.3. The van der Waals surface area contributed by atoms with Crippen LogP contribution in [-0.2, 0) is 4.74 Å². The standard InChI is InChI=1S/C22H19N5O3/c1-13-4-5-16(24-8-13)17-7-15-21(20(26-17)14-3-2-6-23-9-14)25-12-27(22(15)29)18-10-30-11-19(18)28/h2-9,12,18-19,28H,10-11H2,1H3/t18-,19-/m1/s1. The summed E-state index contributed by atoms with van der Waals surface area (Å²) in [6.07, 6.45) is 5.84. The van der Waals surface area contributed by atoms with E-state index in [1.807, 2.05) is 31.2 Å². The molecule has 0 aliphatic carbocycles. The quantitative estimate of drug-likeness (QED) is 0.561. The highest BCUT2D eigenvalue weighted by atomic mass is 16.5. The summed E-state index contributed by atoms with van der Waals surface area (Å²) in [5, 5.41) is 10.6. The molecule has 0 bridgehead atoms. The predicted octanol–water partition coefficient (Wildman–Crippen LogP) is 2.16. The lowest BCUT2D eigenvalue weighted by atomic mass is 10.1. The van der Waals surface area contributed by atoms with E-state index in [1.54, 1.807) is 24.7 Å². The smallest absolute Gasteiger partial charge is 0.261 e. The fraction of sp³-hybridized carbons (Fsp3) is 0.227. The second-order valence-electron chi connectivity index (χ2n) is 7.34. The zero-order valence-electron chi connectivity index (χ0n) is 16.3. The Balaban J connectivity index is 1.78. The first-order chi connectivity index (χ1) is 14.6. The van der Waals surface area contributed by atoms with Gasteiger partial charge in [0.1, 0.15) is 11.6 Å². The fourth-order valence-electron chi connectivity index (χ4n) is 3.63. The molecule has 0 spiro atoms. The van der Waals surface area contributed by atoms with Crippen LogP contribution in [0.2, 0.25) is 0 Å². The van der Waals surface area contributed by atoms with Gasteiger partial charge in [-0.1, -0.05) is 6.07 Å². The van der Waals surface area contributed by atoms with Gasteiger partial charge >= 0.3 is 0 Å². The van der Waals surface area contributed by atoms with Crippen LogP contribution in [0.4, 0.5) is 0 Å². The third kappa shape index (κ3) is 3.16. The monoisotopic (exact) mass is 401 g/mol. The number of aliphatic hydroxyl groups is 1. The van der Waals surface area contributed by atoms with Gasteiger partial charge in [0.15, 0.2) is 0 Å². The summed E-state index contributed by atoms with van der Waals surface area (Å²) in [5.41, 5.74) is 3.80. The minimum Gasteiger partial charge on any atom is -0.388 e. The van der Waals surface area contributed by atoms with Crippen molar-refractivity contribution in [2.75, 3.05) is 13.2 Å². The lowest BCUT2D eigenvalue weighted by Gasteiger charge is -2.17. The highest BCUT2D eigenvalue weighted by Gasteiger charge is 2.29. The molecule has 8 nitrogen and oxygen atoms in total.